The van der Waals surface area contributed by atoms with Crippen molar-refractivity contribution in [3.8, 4) is 5.75 Å². The van der Waals surface area contributed by atoms with Gasteiger partial charge in [-0.3, -0.25) is 4.79 Å². The topological polar surface area (TPSA) is 64.4 Å². The van der Waals surface area contributed by atoms with Crippen LogP contribution in [0.15, 0.2) is 40.8 Å². The zero-order chi connectivity index (χ0) is 15.7. The van der Waals surface area contributed by atoms with Crippen LogP contribution in [0, 0.1) is 13.8 Å². The second-order valence-corrected chi connectivity index (χ2v) is 5.07. The van der Waals surface area contributed by atoms with Gasteiger partial charge in [-0.15, -0.1) is 0 Å². The summed E-state index contributed by atoms with van der Waals surface area (Å²) in [6, 6.07) is 10.8. The molecule has 0 atom stereocenters. The van der Waals surface area contributed by atoms with Crippen molar-refractivity contribution in [3.63, 3.8) is 0 Å². The summed E-state index contributed by atoms with van der Waals surface area (Å²) in [5, 5.41) is 2.86. The highest BCUT2D eigenvalue weighted by Crippen LogP contribution is 2.26. The van der Waals surface area contributed by atoms with Gasteiger partial charge >= 0.3 is 0 Å². The van der Waals surface area contributed by atoms with E-state index >= 15 is 0 Å². The summed E-state index contributed by atoms with van der Waals surface area (Å²) in [5.74, 6) is 0.975. The minimum atomic E-state index is -0.222. The van der Waals surface area contributed by atoms with Crippen LogP contribution >= 0.6 is 0 Å². The number of amides is 1. The number of hydrogen-bond donors (Lipinski definition) is 1. The fourth-order valence-corrected chi connectivity index (χ4v) is 2.30. The molecule has 2 aromatic carbocycles. The molecule has 5 nitrogen and oxygen atoms in total. The van der Waals surface area contributed by atoms with Gasteiger partial charge in [0.2, 0.25) is 0 Å². The molecule has 3 aromatic rings. The molecule has 0 aliphatic carbocycles. The Morgan fingerprint density at radius 2 is 2.00 bits per heavy atom. The third-order valence-electron chi connectivity index (χ3n) is 3.36. The second kappa shape index (κ2) is 5.52. The van der Waals surface area contributed by atoms with Crippen molar-refractivity contribution in [3.05, 3.63) is 53.4 Å². The van der Waals surface area contributed by atoms with Gasteiger partial charge in [0, 0.05) is 12.5 Å². The Hall–Kier alpha value is -2.82. The van der Waals surface area contributed by atoms with Crippen LogP contribution in [0.2, 0.25) is 0 Å². The number of hydrogen-bond acceptors (Lipinski definition) is 4. The molecular formula is C17H16N2O3. The van der Waals surface area contributed by atoms with E-state index in [1.165, 1.54) is 0 Å². The van der Waals surface area contributed by atoms with E-state index in [1.54, 1.807) is 32.2 Å². The molecule has 112 valence electrons. The molecule has 0 radical (unpaired) electrons. The number of aryl methyl sites for hydroxylation is 2. The van der Waals surface area contributed by atoms with Crippen LogP contribution < -0.4 is 10.1 Å². The molecule has 0 spiro atoms. The summed E-state index contributed by atoms with van der Waals surface area (Å²) in [4.78, 5) is 16.6. The van der Waals surface area contributed by atoms with E-state index in [0.717, 1.165) is 11.1 Å². The highest BCUT2D eigenvalue weighted by molar-refractivity contribution is 6.06. The molecule has 1 amide bonds. The number of anilines is 1. The van der Waals surface area contributed by atoms with Crippen LogP contribution in [0.1, 0.15) is 21.8 Å². The molecule has 0 aliphatic rings. The Labute approximate surface area is 127 Å². The third-order valence-corrected chi connectivity index (χ3v) is 3.36. The zero-order valence-electron chi connectivity index (χ0n) is 12.6. The Kier molecular flexibility index (Phi) is 3.55. The summed E-state index contributed by atoms with van der Waals surface area (Å²) in [6.45, 7) is 3.73. The fraction of sp³-hybridized carbons (Fsp3) is 0.176. The van der Waals surface area contributed by atoms with E-state index < -0.39 is 0 Å². The molecule has 0 aliphatic heterocycles. The molecule has 0 fully saturated rings. The van der Waals surface area contributed by atoms with Crippen LogP contribution in [0.5, 0.6) is 5.75 Å². The van der Waals surface area contributed by atoms with Crippen LogP contribution in [0.3, 0.4) is 0 Å². The normalized spacial score (nSPS) is 10.7. The lowest BCUT2D eigenvalue weighted by molar-refractivity contribution is 0.102. The molecule has 3 rings (SSSR count). The summed E-state index contributed by atoms with van der Waals surface area (Å²) in [7, 11) is 1.57. The average molecular weight is 296 g/mol. The first-order chi connectivity index (χ1) is 10.6. The first-order valence-electron chi connectivity index (χ1n) is 6.90. The molecule has 1 N–H and O–H groups in total. The van der Waals surface area contributed by atoms with E-state index in [-0.39, 0.29) is 5.91 Å². The van der Waals surface area contributed by atoms with E-state index in [2.05, 4.69) is 10.3 Å². The summed E-state index contributed by atoms with van der Waals surface area (Å²) in [6.07, 6.45) is 0. The van der Waals surface area contributed by atoms with Gasteiger partial charge in [-0.05, 0) is 42.8 Å². The monoisotopic (exact) mass is 296 g/mol. The van der Waals surface area contributed by atoms with Gasteiger partial charge < -0.3 is 14.5 Å². The fourth-order valence-electron chi connectivity index (χ4n) is 2.30. The number of nitrogens with one attached hydrogen (secondary N) is 1. The first-order valence-corrected chi connectivity index (χ1v) is 6.90. The van der Waals surface area contributed by atoms with Crippen molar-refractivity contribution in [1.29, 1.82) is 0 Å². The standard InChI is InChI=1S/C17H16N2O3/c1-10-4-7-15(21-3)14(8-10)19-17(20)12-5-6-13-16(9-12)22-11(2)18-13/h4-9H,1-3H3,(H,19,20). The van der Waals surface area contributed by atoms with Crippen molar-refractivity contribution >= 4 is 22.7 Å². The van der Waals surface area contributed by atoms with Crippen LogP contribution in [-0.4, -0.2) is 18.0 Å². The van der Waals surface area contributed by atoms with Gasteiger partial charge in [0.1, 0.15) is 11.3 Å². The van der Waals surface area contributed by atoms with Gasteiger partial charge in [0.15, 0.2) is 11.5 Å². The maximum absolute atomic E-state index is 12.4. The maximum atomic E-state index is 12.4. The summed E-state index contributed by atoms with van der Waals surface area (Å²) in [5.41, 5.74) is 3.52. The highest BCUT2D eigenvalue weighted by atomic mass is 16.5. The number of rotatable bonds is 3. The van der Waals surface area contributed by atoms with Gasteiger partial charge in [-0.2, -0.15) is 0 Å². The Balaban J connectivity index is 1.91. The lowest BCUT2D eigenvalue weighted by Gasteiger charge is -2.11. The number of ether oxygens (including phenoxy) is 1. The van der Waals surface area contributed by atoms with Crippen LogP contribution in [0.25, 0.3) is 11.1 Å². The molecule has 0 bridgehead atoms. The molecule has 22 heavy (non-hydrogen) atoms. The quantitative estimate of drug-likeness (QED) is 0.800. The minimum Gasteiger partial charge on any atom is -0.495 e. The average Bonchev–Trinajstić information content (AvgIpc) is 2.86. The number of benzene rings is 2. The predicted octanol–water partition coefficient (Wildman–Crippen LogP) is 3.71. The lowest BCUT2D eigenvalue weighted by Crippen LogP contribution is -2.12. The Morgan fingerprint density at radius 3 is 2.77 bits per heavy atom. The number of fused-ring (bicyclic) bond motifs is 1. The molecule has 0 saturated carbocycles. The van der Waals surface area contributed by atoms with E-state index in [0.29, 0.717) is 28.5 Å². The second-order valence-electron chi connectivity index (χ2n) is 5.07. The van der Waals surface area contributed by atoms with Crippen molar-refractivity contribution in [1.82, 2.24) is 4.98 Å². The van der Waals surface area contributed by atoms with Gasteiger partial charge in [0.05, 0.1) is 12.8 Å². The molecule has 5 heteroatoms. The van der Waals surface area contributed by atoms with Crippen LogP contribution in [0.4, 0.5) is 5.69 Å². The number of methoxy groups -OCH3 is 1. The van der Waals surface area contributed by atoms with Crippen LogP contribution in [-0.2, 0) is 0 Å². The first kappa shape index (κ1) is 14.1. The number of carbonyl (C=O) groups is 1. The largest absolute Gasteiger partial charge is 0.495 e. The molecule has 1 heterocycles. The zero-order valence-corrected chi connectivity index (χ0v) is 12.6. The third kappa shape index (κ3) is 2.65. The molecule has 1 aromatic heterocycles. The summed E-state index contributed by atoms with van der Waals surface area (Å²) >= 11 is 0. The van der Waals surface area contributed by atoms with Gasteiger partial charge in [0.25, 0.3) is 5.91 Å². The molecule has 0 unspecified atom stereocenters. The van der Waals surface area contributed by atoms with Crippen molar-refractivity contribution in [2.75, 3.05) is 12.4 Å². The number of carbonyl (C=O) groups excluding carboxylic acids is 1. The number of oxazole rings is 1. The Bertz CT molecular complexity index is 852. The highest BCUT2D eigenvalue weighted by Gasteiger charge is 2.12. The number of nitrogens with zero attached hydrogens (tertiary/aromatic N) is 1. The summed E-state index contributed by atoms with van der Waals surface area (Å²) < 4.78 is 10.7. The molecular weight excluding hydrogens is 280 g/mol. The SMILES string of the molecule is COc1ccc(C)cc1NC(=O)c1ccc2nc(C)oc2c1. The van der Waals surface area contributed by atoms with E-state index in [1.807, 2.05) is 25.1 Å². The van der Waals surface area contributed by atoms with E-state index in [9.17, 15) is 4.79 Å². The lowest BCUT2D eigenvalue weighted by atomic mass is 10.1. The maximum Gasteiger partial charge on any atom is 0.255 e. The number of aromatic nitrogens is 1. The van der Waals surface area contributed by atoms with Crippen molar-refractivity contribution in [2.24, 2.45) is 0 Å². The molecule has 0 saturated heterocycles. The van der Waals surface area contributed by atoms with Gasteiger partial charge in [-0.25, -0.2) is 4.98 Å². The van der Waals surface area contributed by atoms with E-state index in [4.69, 9.17) is 9.15 Å². The minimum absolute atomic E-state index is 0.222. The van der Waals surface area contributed by atoms with Crippen molar-refractivity contribution < 1.29 is 13.9 Å². The predicted molar refractivity (Wildman–Crippen MR) is 84.4 cm³/mol. The van der Waals surface area contributed by atoms with Gasteiger partial charge in [-0.1, -0.05) is 6.07 Å². The smallest absolute Gasteiger partial charge is 0.255 e. The Morgan fingerprint density at radius 1 is 1.18 bits per heavy atom. The van der Waals surface area contributed by atoms with Crippen molar-refractivity contribution in [2.45, 2.75) is 13.8 Å².